The second kappa shape index (κ2) is 7.64. The lowest BCUT2D eigenvalue weighted by Gasteiger charge is -2.22. The van der Waals surface area contributed by atoms with Crippen LogP contribution in [0, 0.1) is 11.8 Å². The van der Waals surface area contributed by atoms with Crippen molar-refractivity contribution < 1.29 is 24.5 Å². The fourth-order valence-electron chi connectivity index (χ4n) is 2.65. The summed E-state index contributed by atoms with van der Waals surface area (Å²) in [7, 11) is 0. The van der Waals surface area contributed by atoms with Gasteiger partial charge in [-0.3, -0.25) is 9.59 Å². The van der Waals surface area contributed by atoms with Crippen molar-refractivity contribution in [1.29, 1.82) is 0 Å². The number of fused-ring (bicyclic) bond motifs is 1. The highest BCUT2D eigenvalue weighted by Gasteiger charge is 2.29. The fourth-order valence-corrected chi connectivity index (χ4v) is 2.65. The van der Waals surface area contributed by atoms with Crippen molar-refractivity contribution in [2.24, 2.45) is 11.8 Å². The Bertz CT molecular complexity index is 534. The Morgan fingerprint density at radius 1 is 0.955 bits per heavy atom. The van der Waals surface area contributed by atoms with Crippen molar-refractivity contribution in [2.45, 2.75) is 25.7 Å². The summed E-state index contributed by atoms with van der Waals surface area (Å²) in [6.07, 6.45) is 6.12. The Hall–Kier alpha value is -2.30. The molecule has 2 aliphatic rings. The molecule has 1 aromatic rings. The van der Waals surface area contributed by atoms with Crippen LogP contribution in [0.5, 0.6) is 5.75 Å². The summed E-state index contributed by atoms with van der Waals surface area (Å²) in [5.41, 5.74) is 1.17. The van der Waals surface area contributed by atoms with Gasteiger partial charge in [0.25, 0.3) is 0 Å². The first-order chi connectivity index (χ1) is 10.6. The molecule has 1 aliphatic carbocycles. The standard InChI is InChI=1S/C9H8O.C8H12O4/c1-2-6-9-8(4-1)5-3-7-10-9;9-7(10)5-1-2-6(4-3-5)8(11)12/h1-6H,7H2;5-6H,1-4H2,(H,9,10)(H,11,12)/t;5-,6-. The van der Waals surface area contributed by atoms with E-state index in [-0.39, 0.29) is 11.8 Å². The maximum Gasteiger partial charge on any atom is 0.306 e. The number of benzene rings is 1. The van der Waals surface area contributed by atoms with Crippen LogP contribution in [0.15, 0.2) is 30.3 Å². The van der Waals surface area contributed by atoms with Crippen LogP contribution in [0.3, 0.4) is 0 Å². The van der Waals surface area contributed by atoms with Crippen LogP contribution in [0.4, 0.5) is 0 Å². The molecule has 1 fully saturated rings. The zero-order chi connectivity index (χ0) is 15.9. The van der Waals surface area contributed by atoms with Crippen molar-refractivity contribution >= 4 is 18.0 Å². The van der Waals surface area contributed by atoms with Crippen LogP contribution >= 0.6 is 0 Å². The zero-order valence-corrected chi connectivity index (χ0v) is 12.3. The summed E-state index contributed by atoms with van der Waals surface area (Å²) < 4.78 is 5.34. The maximum absolute atomic E-state index is 10.5. The number of hydrogen-bond acceptors (Lipinski definition) is 3. The third-order valence-electron chi connectivity index (χ3n) is 3.98. The smallest absolute Gasteiger partial charge is 0.306 e. The first kappa shape index (κ1) is 16.1. The topological polar surface area (TPSA) is 83.8 Å². The van der Waals surface area contributed by atoms with E-state index in [0.29, 0.717) is 32.3 Å². The minimum Gasteiger partial charge on any atom is -0.489 e. The molecule has 0 radical (unpaired) electrons. The quantitative estimate of drug-likeness (QED) is 0.877. The first-order valence-corrected chi connectivity index (χ1v) is 7.42. The molecular weight excluding hydrogens is 284 g/mol. The second-order valence-electron chi connectivity index (χ2n) is 5.48. The number of hydrogen-bond donors (Lipinski definition) is 2. The molecule has 22 heavy (non-hydrogen) atoms. The van der Waals surface area contributed by atoms with Crippen molar-refractivity contribution in [1.82, 2.24) is 0 Å². The molecule has 118 valence electrons. The van der Waals surface area contributed by atoms with E-state index in [2.05, 4.69) is 6.08 Å². The highest BCUT2D eigenvalue weighted by atomic mass is 16.5. The molecule has 1 aliphatic heterocycles. The number of aliphatic carboxylic acids is 2. The van der Waals surface area contributed by atoms with Crippen LogP contribution < -0.4 is 4.74 Å². The predicted molar refractivity (Wildman–Crippen MR) is 81.7 cm³/mol. The molecule has 1 saturated carbocycles. The van der Waals surface area contributed by atoms with Crippen molar-refractivity contribution in [2.75, 3.05) is 6.61 Å². The lowest BCUT2D eigenvalue weighted by atomic mass is 9.82. The van der Waals surface area contributed by atoms with E-state index in [1.54, 1.807) is 0 Å². The van der Waals surface area contributed by atoms with Crippen LogP contribution in [0.25, 0.3) is 6.08 Å². The zero-order valence-electron chi connectivity index (χ0n) is 12.3. The molecule has 5 nitrogen and oxygen atoms in total. The van der Waals surface area contributed by atoms with Gasteiger partial charge in [-0.2, -0.15) is 0 Å². The van der Waals surface area contributed by atoms with Gasteiger partial charge in [-0.25, -0.2) is 0 Å². The molecule has 3 rings (SSSR count). The molecule has 0 unspecified atom stereocenters. The Kier molecular flexibility index (Phi) is 5.58. The van der Waals surface area contributed by atoms with Crippen LogP contribution in [0.1, 0.15) is 31.2 Å². The third kappa shape index (κ3) is 4.35. The van der Waals surface area contributed by atoms with Crippen molar-refractivity contribution in [3.63, 3.8) is 0 Å². The first-order valence-electron chi connectivity index (χ1n) is 7.42. The summed E-state index contributed by atoms with van der Waals surface area (Å²) in [5, 5.41) is 17.2. The molecule has 0 bridgehead atoms. The van der Waals surface area contributed by atoms with Gasteiger partial charge in [0, 0.05) is 5.56 Å². The van der Waals surface area contributed by atoms with Crippen LogP contribution in [-0.4, -0.2) is 28.8 Å². The van der Waals surface area contributed by atoms with Gasteiger partial charge < -0.3 is 14.9 Å². The molecule has 0 saturated heterocycles. The van der Waals surface area contributed by atoms with E-state index >= 15 is 0 Å². The molecule has 5 heteroatoms. The average Bonchev–Trinajstić information content (AvgIpc) is 2.55. The number of ether oxygens (including phenoxy) is 1. The van der Waals surface area contributed by atoms with Gasteiger partial charge in [-0.05, 0) is 37.8 Å². The predicted octanol–water partition coefficient (Wildman–Crippen LogP) is 3.05. The normalized spacial score (nSPS) is 22.5. The molecule has 0 spiro atoms. The van der Waals surface area contributed by atoms with Gasteiger partial charge in [0.05, 0.1) is 11.8 Å². The number of carboxylic acid groups (broad SMARTS) is 2. The summed E-state index contributed by atoms with van der Waals surface area (Å²) in [4.78, 5) is 21.0. The summed E-state index contributed by atoms with van der Waals surface area (Å²) in [6.45, 7) is 0.705. The molecular formula is C17H20O5. The molecule has 0 amide bonds. The third-order valence-corrected chi connectivity index (χ3v) is 3.98. The van der Waals surface area contributed by atoms with Gasteiger partial charge in [-0.15, -0.1) is 0 Å². The van der Waals surface area contributed by atoms with Crippen molar-refractivity contribution in [3.05, 3.63) is 35.9 Å². The summed E-state index contributed by atoms with van der Waals surface area (Å²) in [5.74, 6) is -1.23. The van der Waals surface area contributed by atoms with E-state index in [9.17, 15) is 9.59 Å². The van der Waals surface area contributed by atoms with Gasteiger partial charge >= 0.3 is 11.9 Å². The Morgan fingerprint density at radius 3 is 2.00 bits per heavy atom. The van der Waals surface area contributed by atoms with Crippen LogP contribution in [-0.2, 0) is 9.59 Å². The molecule has 1 aromatic carbocycles. The monoisotopic (exact) mass is 304 g/mol. The lowest BCUT2D eigenvalue weighted by molar-refractivity contribution is -0.148. The highest BCUT2D eigenvalue weighted by molar-refractivity contribution is 5.72. The summed E-state index contributed by atoms with van der Waals surface area (Å²) >= 11 is 0. The highest BCUT2D eigenvalue weighted by Crippen LogP contribution is 2.28. The van der Waals surface area contributed by atoms with Gasteiger partial charge in [0.15, 0.2) is 0 Å². The molecule has 0 aromatic heterocycles. The minimum atomic E-state index is -0.793. The van der Waals surface area contributed by atoms with E-state index in [1.807, 2.05) is 30.3 Å². The van der Waals surface area contributed by atoms with Gasteiger partial charge in [0.2, 0.25) is 0 Å². The molecule has 0 atom stereocenters. The largest absolute Gasteiger partial charge is 0.489 e. The SMILES string of the molecule is C1=Cc2ccccc2OC1.O=C(O)[C@H]1CC[C@H](C(=O)O)CC1. The van der Waals surface area contributed by atoms with Gasteiger partial charge in [-0.1, -0.05) is 24.3 Å². The number of rotatable bonds is 2. The fraction of sp³-hybridized carbons (Fsp3) is 0.412. The maximum atomic E-state index is 10.5. The van der Waals surface area contributed by atoms with E-state index in [1.165, 1.54) is 5.56 Å². The second-order valence-corrected chi connectivity index (χ2v) is 5.48. The van der Waals surface area contributed by atoms with E-state index in [0.717, 1.165) is 5.75 Å². The number of carbonyl (C=O) groups is 2. The Labute approximate surface area is 129 Å². The molecule has 1 heterocycles. The van der Waals surface area contributed by atoms with Gasteiger partial charge in [0.1, 0.15) is 12.4 Å². The lowest BCUT2D eigenvalue weighted by Crippen LogP contribution is -2.25. The number of para-hydroxylation sites is 1. The Morgan fingerprint density at radius 2 is 1.50 bits per heavy atom. The van der Waals surface area contributed by atoms with Crippen molar-refractivity contribution in [3.8, 4) is 5.75 Å². The summed E-state index contributed by atoms with van der Waals surface area (Å²) in [6, 6.07) is 8.03. The van der Waals surface area contributed by atoms with Crippen LogP contribution in [0.2, 0.25) is 0 Å². The number of carboxylic acids is 2. The minimum absolute atomic E-state index is 0.319. The molecule has 2 N–H and O–H groups in total. The van der Waals surface area contributed by atoms with E-state index < -0.39 is 11.9 Å². The van der Waals surface area contributed by atoms with E-state index in [4.69, 9.17) is 14.9 Å². The Balaban J connectivity index is 0.000000162. The average molecular weight is 304 g/mol.